The smallest absolute Gasteiger partial charge is 0.411 e. The number of aliphatic hydroxyl groups excluding tert-OH is 1. The molecule has 8 heteroatoms. The maximum absolute atomic E-state index is 13.0. The first-order chi connectivity index (χ1) is 14.9. The van der Waals surface area contributed by atoms with Crippen molar-refractivity contribution in [2.75, 3.05) is 25.1 Å². The van der Waals surface area contributed by atoms with Crippen LogP contribution in [-0.2, 0) is 20.8 Å². The summed E-state index contributed by atoms with van der Waals surface area (Å²) >= 11 is 6.17. The second kappa shape index (κ2) is 10.6. The number of halogens is 1. The Labute approximate surface area is 186 Å². The number of carbonyl (C=O) groups is 2. The van der Waals surface area contributed by atoms with Crippen molar-refractivity contribution < 1.29 is 24.2 Å². The van der Waals surface area contributed by atoms with E-state index in [-0.39, 0.29) is 12.5 Å². The van der Waals surface area contributed by atoms with Crippen LogP contribution < -0.4 is 10.6 Å². The number of hydrogen-bond donors (Lipinski definition) is 3. The van der Waals surface area contributed by atoms with Crippen LogP contribution in [-0.4, -0.2) is 36.9 Å². The first-order valence-corrected chi connectivity index (χ1v) is 10.6. The number of hydrogen-bond acceptors (Lipinski definition) is 5. The first kappa shape index (κ1) is 23.1. The maximum Gasteiger partial charge on any atom is 0.411 e. The van der Waals surface area contributed by atoms with E-state index < -0.39 is 17.6 Å². The van der Waals surface area contributed by atoms with E-state index in [0.29, 0.717) is 43.3 Å². The van der Waals surface area contributed by atoms with E-state index in [1.807, 2.05) is 18.2 Å². The number of carbonyl (C=O) groups excluding carboxylic acids is 2. The van der Waals surface area contributed by atoms with Gasteiger partial charge in [0.1, 0.15) is 6.61 Å². The van der Waals surface area contributed by atoms with Crippen LogP contribution in [0.4, 0.5) is 10.5 Å². The molecular formula is C23H27ClN2O5. The van der Waals surface area contributed by atoms with Crippen LogP contribution in [0.25, 0.3) is 0 Å². The number of nitrogens with one attached hydrogen (secondary N) is 2. The Hall–Kier alpha value is -2.61. The monoisotopic (exact) mass is 446 g/mol. The van der Waals surface area contributed by atoms with Gasteiger partial charge in [0.15, 0.2) is 0 Å². The highest BCUT2D eigenvalue weighted by atomic mass is 35.5. The molecule has 2 aromatic rings. The van der Waals surface area contributed by atoms with Gasteiger partial charge < -0.3 is 19.9 Å². The minimum absolute atomic E-state index is 0.0533. The zero-order valence-electron chi connectivity index (χ0n) is 17.4. The van der Waals surface area contributed by atoms with Crippen molar-refractivity contribution in [2.45, 2.75) is 32.4 Å². The summed E-state index contributed by atoms with van der Waals surface area (Å²) < 4.78 is 10.8. The van der Waals surface area contributed by atoms with E-state index in [4.69, 9.17) is 21.1 Å². The van der Waals surface area contributed by atoms with Gasteiger partial charge in [-0.25, -0.2) is 4.79 Å². The topological polar surface area (TPSA) is 96.9 Å². The lowest BCUT2D eigenvalue weighted by molar-refractivity contribution is -0.140. The van der Waals surface area contributed by atoms with E-state index in [9.17, 15) is 14.7 Å². The first-order valence-electron chi connectivity index (χ1n) is 10.2. The molecule has 0 spiro atoms. The second-order valence-corrected chi connectivity index (χ2v) is 8.07. The van der Waals surface area contributed by atoms with Gasteiger partial charge in [-0.1, -0.05) is 41.9 Å². The van der Waals surface area contributed by atoms with Crippen LogP contribution in [0.15, 0.2) is 48.5 Å². The van der Waals surface area contributed by atoms with Crippen LogP contribution in [0.1, 0.15) is 37.0 Å². The summed E-state index contributed by atoms with van der Waals surface area (Å²) in [5.74, 6) is -0.190. The van der Waals surface area contributed by atoms with Gasteiger partial charge in [-0.2, -0.15) is 0 Å². The van der Waals surface area contributed by atoms with E-state index in [0.717, 1.165) is 11.1 Å². The number of amides is 2. The minimum Gasteiger partial charge on any atom is -0.448 e. The lowest BCUT2D eigenvalue weighted by Gasteiger charge is -2.35. The Balaban J connectivity index is 1.58. The van der Waals surface area contributed by atoms with Crippen LogP contribution in [0, 0.1) is 5.41 Å². The van der Waals surface area contributed by atoms with Gasteiger partial charge in [-0.05, 0) is 49.1 Å². The molecule has 1 unspecified atom stereocenters. The Kier molecular flexibility index (Phi) is 7.90. The second-order valence-electron chi connectivity index (χ2n) is 7.67. The summed E-state index contributed by atoms with van der Waals surface area (Å²) in [4.78, 5) is 25.3. The van der Waals surface area contributed by atoms with Crippen molar-refractivity contribution in [2.24, 2.45) is 5.41 Å². The molecule has 3 rings (SSSR count). The average Bonchev–Trinajstić information content (AvgIpc) is 2.78. The molecular weight excluding hydrogens is 420 g/mol. The molecule has 1 atom stereocenters. The molecule has 0 bridgehead atoms. The SMILES string of the molecule is CC(O)c1ccc(NC(=O)OCC2(C(=O)NCc3ccccc3Cl)CCOCC2)cc1. The normalized spacial score (nSPS) is 16.2. The molecule has 0 aliphatic carbocycles. The molecule has 2 aromatic carbocycles. The van der Waals surface area contributed by atoms with Crippen LogP contribution in [0.5, 0.6) is 0 Å². The van der Waals surface area contributed by atoms with Crippen molar-refractivity contribution in [3.05, 3.63) is 64.7 Å². The summed E-state index contributed by atoms with van der Waals surface area (Å²) in [6.45, 7) is 2.75. The highest BCUT2D eigenvalue weighted by Gasteiger charge is 2.41. The highest BCUT2D eigenvalue weighted by Crippen LogP contribution is 2.32. The van der Waals surface area contributed by atoms with Crippen molar-refractivity contribution in [3.63, 3.8) is 0 Å². The fraction of sp³-hybridized carbons (Fsp3) is 0.391. The van der Waals surface area contributed by atoms with Crippen LogP contribution in [0.3, 0.4) is 0 Å². The summed E-state index contributed by atoms with van der Waals surface area (Å²) in [7, 11) is 0. The fourth-order valence-electron chi connectivity index (χ4n) is 3.41. The molecule has 0 saturated carbocycles. The average molecular weight is 447 g/mol. The maximum atomic E-state index is 13.0. The molecule has 1 aliphatic heterocycles. The molecule has 1 heterocycles. The van der Waals surface area contributed by atoms with Gasteiger partial charge in [-0.15, -0.1) is 0 Å². The highest BCUT2D eigenvalue weighted by molar-refractivity contribution is 6.31. The summed E-state index contributed by atoms with van der Waals surface area (Å²) in [6.07, 6.45) is -0.316. The van der Waals surface area contributed by atoms with Gasteiger partial charge in [0.05, 0.1) is 11.5 Å². The zero-order valence-corrected chi connectivity index (χ0v) is 18.2. The number of benzene rings is 2. The molecule has 3 N–H and O–H groups in total. The number of rotatable bonds is 7. The quantitative estimate of drug-likeness (QED) is 0.596. The van der Waals surface area contributed by atoms with Crippen LogP contribution in [0.2, 0.25) is 5.02 Å². The minimum atomic E-state index is -0.854. The zero-order chi connectivity index (χ0) is 22.3. The van der Waals surface area contributed by atoms with Crippen molar-refractivity contribution in [3.8, 4) is 0 Å². The van der Waals surface area contributed by atoms with Crippen molar-refractivity contribution in [1.82, 2.24) is 5.32 Å². The molecule has 2 amide bonds. The predicted octanol–water partition coefficient (Wildman–Crippen LogP) is 4.06. The number of ether oxygens (including phenoxy) is 2. The Bertz CT molecular complexity index is 895. The fourth-order valence-corrected chi connectivity index (χ4v) is 3.61. The Morgan fingerprint density at radius 1 is 1.16 bits per heavy atom. The summed E-state index contributed by atoms with van der Waals surface area (Å²) in [5, 5.41) is 15.7. The molecule has 166 valence electrons. The third-order valence-corrected chi connectivity index (χ3v) is 5.82. The van der Waals surface area contributed by atoms with E-state index in [1.54, 1.807) is 37.3 Å². The summed E-state index contributed by atoms with van der Waals surface area (Å²) in [6, 6.07) is 14.1. The van der Waals surface area contributed by atoms with Gasteiger partial charge >= 0.3 is 6.09 Å². The third kappa shape index (κ3) is 6.19. The molecule has 31 heavy (non-hydrogen) atoms. The van der Waals surface area contributed by atoms with Crippen molar-refractivity contribution in [1.29, 1.82) is 0 Å². The standard InChI is InChI=1S/C23H27ClN2O5/c1-16(27)17-6-8-19(9-7-17)26-22(29)31-15-23(10-12-30-13-11-23)21(28)25-14-18-4-2-3-5-20(18)24/h2-9,16,27H,10-15H2,1H3,(H,25,28)(H,26,29). The Morgan fingerprint density at radius 2 is 1.84 bits per heavy atom. The lowest BCUT2D eigenvalue weighted by Crippen LogP contribution is -2.48. The molecule has 0 aromatic heterocycles. The van der Waals surface area contributed by atoms with E-state index in [1.165, 1.54) is 0 Å². The van der Waals surface area contributed by atoms with Crippen molar-refractivity contribution >= 4 is 29.3 Å². The molecule has 0 radical (unpaired) electrons. The van der Waals surface area contributed by atoms with E-state index in [2.05, 4.69) is 10.6 Å². The molecule has 1 aliphatic rings. The van der Waals surface area contributed by atoms with Crippen LogP contribution >= 0.6 is 11.6 Å². The van der Waals surface area contributed by atoms with Gasteiger partial charge in [0.2, 0.25) is 5.91 Å². The predicted molar refractivity (Wildman–Crippen MR) is 118 cm³/mol. The van der Waals surface area contributed by atoms with Gasteiger partial charge in [0.25, 0.3) is 0 Å². The number of anilines is 1. The van der Waals surface area contributed by atoms with E-state index >= 15 is 0 Å². The largest absolute Gasteiger partial charge is 0.448 e. The molecule has 1 fully saturated rings. The van der Waals surface area contributed by atoms with Gasteiger partial charge in [-0.3, -0.25) is 10.1 Å². The lowest BCUT2D eigenvalue weighted by atomic mass is 9.80. The third-order valence-electron chi connectivity index (χ3n) is 5.45. The number of aliphatic hydroxyl groups is 1. The molecule has 1 saturated heterocycles. The molecule has 7 nitrogen and oxygen atoms in total. The summed E-state index contributed by atoms with van der Waals surface area (Å²) in [5.41, 5.74) is 1.25. The Morgan fingerprint density at radius 3 is 2.48 bits per heavy atom. The van der Waals surface area contributed by atoms with Gasteiger partial charge in [0, 0.05) is 30.5 Å².